The molecule has 5 nitrogen and oxygen atoms in total. The third-order valence-corrected chi connectivity index (χ3v) is 5.62. The van der Waals surface area contributed by atoms with Crippen LogP contribution < -0.4 is 10.7 Å². The molecule has 4 rings (SSSR count). The molecule has 11 heteroatoms. The van der Waals surface area contributed by atoms with Gasteiger partial charge in [0.2, 0.25) is 0 Å². The number of fused-ring (bicyclic) bond motifs is 1. The van der Waals surface area contributed by atoms with Gasteiger partial charge in [-0.2, -0.15) is 13.2 Å². The maximum Gasteiger partial charge on any atom is 0.404 e. The molecule has 164 valence electrons. The smallest absolute Gasteiger partial charge is 0.374 e. The number of nitrogens with zero attached hydrogens (tertiary/aromatic N) is 2. The fourth-order valence-electron chi connectivity index (χ4n) is 3.47. The molecule has 1 aromatic carbocycles. The quantitative estimate of drug-likeness (QED) is 0.317. The van der Waals surface area contributed by atoms with Crippen LogP contribution in [-0.2, 0) is 0 Å². The summed E-state index contributed by atoms with van der Waals surface area (Å²) in [5.74, 6) is -1.45. The van der Waals surface area contributed by atoms with Gasteiger partial charge in [-0.25, -0.2) is 9.37 Å². The van der Waals surface area contributed by atoms with E-state index in [0.717, 1.165) is 16.8 Å². The van der Waals surface area contributed by atoms with Gasteiger partial charge in [-0.05, 0) is 43.0 Å². The van der Waals surface area contributed by atoms with E-state index in [1.165, 1.54) is 24.3 Å². The molecule has 2 atom stereocenters. The van der Waals surface area contributed by atoms with E-state index in [1.807, 2.05) is 0 Å². The van der Waals surface area contributed by atoms with Crippen LogP contribution in [0.25, 0.3) is 16.7 Å². The first-order chi connectivity index (χ1) is 14.6. The van der Waals surface area contributed by atoms with Crippen molar-refractivity contribution in [2.75, 3.05) is 0 Å². The van der Waals surface area contributed by atoms with E-state index in [1.54, 1.807) is 0 Å². The molecule has 0 aliphatic heterocycles. The number of aromatic nitrogens is 2. The summed E-state index contributed by atoms with van der Waals surface area (Å²) in [5.41, 5.74) is -1.42. The molecule has 1 fully saturated rings. The number of benzene rings is 1. The van der Waals surface area contributed by atoms with Gasteiger partial charge in [0, 0.05) is 6.20 Å². The summed E-state index contributed by atoms with van der Waals surface area (Å²) in [6.07, 6.45) is -4.83. The Morgan fingerprint density at radius 3 is 2.52 bits per heavy atom. The van der Waals surface area contributed by atoms with Crippen molar-refractivity contribution in [3.63, 3.8) is 0 Å². The van der Waals surface area contributed by atoms with Crippen molar-refractivity contribution in [3.05, 3.63) is 68.3 Å². The number of nitrogens with one attached hydrogen (secondary N) is 1. The molecule has 0 radical (unpaired) electrons. The van der Waals surface area contributed by atoms with E-state index in [9.17, 15) is 27.5 Å². The number of pyridine rings is 2. The molecule has 2 heterocycles. The molecule has 1 aliphatic carbocycles. The molecular weight excluding hydrogens is 461 g/mol. The van der Waals surface area contributed by atoms with E-state index in [4.69, 9.17) is 23.2 Å². The number of halogens is 6. The van der Waals surface area contributed by atoms with Crippen molar-refractivity contribution in [2.45, 2.75) is 31.3 Å². The number of para-hydroxylation sites is 1. The van der Waals surface area contributed by atoms with Gasteiger partial charge in [0.1, 0.15) is 34.6 Å². The minimum atomic E-state index is -4.61. The molecule has 0 amide bonds. The van der Waals surface area contributed by atoms with Crippen molar-refractivity contribution in [3.8, 4) is 5.69 Å². The van der Waals surface area contributed by atoms with Gasteiger partial charge in [-0.1, -0.05) is 29.3 Å². The second kappa shape index (κ2) is 8.05. The summed E-state index contributed by atoms with van der Waals surface area (Å²) in [6.45, 7) is 0. The van der Waals surface area contributed by atoms with Crippen LogP contribution in [0.5, 0.6) is 0 Å². The fraction of sp³-hybridized carbons (Fsp3) is 0.300. The van der Waals surface area contributed by atoms with Gasteiger partial charge in [-0.3, -0.25) is 14.7 Å². The summed E-state index contributed by atoms with van der Waals surface area (Å²) < 4.78 is 55.9. The first-order valence-corrected chi connectivity index (χ1v) is 10.0. The Bertz CT molecular complexity index is 1190. The van der Waals surface area contributed by atoms with Gasteiger partial charge in [0.25, 0.3) is 0 Å². The highest BCUT2D eigenvalue weighted by atomic mass is 35.5. The summed E-state index contributed by atoms with van der Waals surface area (Å²) in [6, 6.07) is 4.52. The lowest BCUT2D eigenvalue weighted by molar-refractivity contribution is -0.168. The molecule has 1 saturated carbocycles. The van der Waals surface area contributed by atoms with Gasteiger partial charge in [0.05, 0.1) is 16.0 Å². The molecule has 0 saturated heterocycles. The highest BCUT2D eigenvalue weighted by Gasteiger charge is 2.49. The van der Waals surface area contributed by atoms with Gasteiger partial charge in [-0.15, -0.1) is 0 Å². The highest BCUT2D eigenvalue weighted by molar-refractivity contribution is 6.32. The number of aliphatic hydroxyl groups is 1. The summed E-state index contributed by atoms with van der Waals surface area (Å²) in [4.78, 5) is 17.0. The first-order valence-electron chi connectivity index (χ1n) is 9.25. The standard InChI is InChI=1S/C20H15Cl2F4N3O2/c21-12-2-1-3-13(23)15(12)29-8-11(16(30)10-6-7-14(22)27-18(10)29)19(31)28-17(9-4-5-9)20(24,25)26/h1-3,6-9,17,19,28,31H,4-5H2/t17-,19?/m0/s1. The molecule has 3 aromatic rings. The summed E-state index contributed by atoms with van der Waals surface area (Å²) in [7, 11) is 0. The lowest BCUT2D eigenvalue weighted by Gasteiger charge is -2.25. The monoisotopic (exact) mass is 475 g/mol. The number of hydrogen-bond donors (Lipinski definition) is 2. The molecule has 2 N–H and O–H groups in total. The maximum absolute atomic E-state index is 14.6. The van der Waals surface area contributed by atoms with E-state index in [-0.39, 0.29) is 26.9 Å². The number of aliphatic hydroxyl groups excluding tert-OH is 1. The van der Waals surface area contributed by atoms with Crippen LogP contribution in [0.15, 0.2) is 41.3 Å². The Balaban J connectivity index is 1.90. The minimum Gasteiger partial charge on any atom is -0.374 e. The summed E-state index contributed by atoms with van der Waals surface area (Å²) in [5, 5.41) is 12.5. The predicted molar refractivity (Wildman–Crippen MR) is 108 cm³/mol. The molecular formula is C20H15Cl2F4N3O2. The van der Waals surface area contributed by atoms with Crippen LogP contribution in [0.3, 0.4) is 0 Å². The molecule has 0 spiro atoms. The van der Waals surface area contributed by atoms with Crippen LogP contribution in [0.1, 0.15) is 24.6 Å². The van der Waals surface area contributed by atoms with Crippen LogP contribution in [0, 0.1) is 11.7 Å². The first kappa shape index (κ1) is 22.0. The van der Waals surface area contributed by atoms with Crippen molar-refractivity contribution in [2.24, 2.45) is 5.92 Å². The minimum absolute atomic E-state index is 0.00500. The molecule has 0 bridgehead atoms. The van der Waals surface area contributed by atoms with Crippen molar-refractivity contribution in [1.29, 1.82) is 0 Å². The van der Waals surface area contributed by atoms with Crippen molar-refractivity contribution >= 4 is 34.2 Å². The second-order valence-corrected chi connectivity index (χ2v) is 8.08. The average molecular weight is 476 g/mol. The van der Waals surface area contributed by atoms with Gasteiger partial charge in [0.15, 0.2) is 5.43 Å². The third-order valence-electron chi connectivity index (χ3n) is 5.10. The Morgan fingerprint density at radius 2 is 1.90 bits per heavy atom. The molecule has 1 unspecified atom stereocenters. The number of rotatable bonds is 5. The van der Waals surface area contributed by atoms with Gasteiger partial charge < -0.3 is 5.11 Å². The van der Waals surface area contributed by atoms with Gasteiger partial charge >= 0.3 is 6.18 Å². The third kappa shape index (κ3) is 4.27. The van der Waals surface area contributed by atoms with E-state index >= 15 is 0 Å². The van der Waals surface area contributed by atoms with E-state index in [2.05, 4.69) is 10.3 Å². The molecule has 2 aromatic heterocycles. The number of hydrogen-bond acceptors (Lipinski definition) is 4. The largest absolute Gasteiger partial charge is 0.404 e. The maximum atomic E-state index is 14.6. The lowest BCUT2D eigenvalue weighted by atomic mass is 10.1. The molecule has 1 aliphatic rings. The van der Waals surface area contributed by atoms with Crippen molar-refractivity contribution in [1.82, 2.24) is 14.9 Å². The average Bonchev–Trinajstić information content (AvgIpc) is 3.51. The molecule has 31 heavy (non-hydrogen) atoms. The predicted octanol–water partition coefficient (Wildman–Crippen LogP) is 4.75. The Hall–Kier alpha value is -2.20. The van der Waals surface area contributed by atoms with Crippen LogP contribution in [-0.4, -0.2) is 26.9 Å². The van der Waals surface area contributed by atoms with Crippen LogP contribution >= 0.6 is 23.2 Å². The Kier molecular flexibility index (Phi) is 5.72. The lowest BCUT2D eigenvalue weighted by Crippen LogP contribution is -2.46. The zero-order valence-corrected chi connectivity index (χ0v) is 17.1. The zero-order valence-electron chi connectivity index (χ0n) is 15.6. The second-order valence-electron chi connectivity index (χ2n) is 7.28. The van der Waals surface area contributed by atoms with E-state index in [0.29, 0.717) is 12.8 Å². The normalized spacial score (nSPS) is 16.5. The van der Waals surface area contributed by atoms with Crippen molar-refractivity contribution < 1.29 is 22.7 Å². The van der Waals surface area contributed by atoms with E-state index < -0.39 is 41.2 Å². The Morgan fingerprint density at radius 1 is 1.19 bits per heavy atom. The SMILES string of the molecule is O=c1c(C(O)N[C@@H](C2CC2)C(F)(F)F)cn(-c2c(F)cccc2Cl)c2nc(Cl)ccc12. The highest BCUT2D eigenvalue weighted by Crippen LogP contribution is 2.41. The van der Waals surface area contributed by atoms with Crippen LogP contribution in [0.2, 0.25) is 10.2 Å². The summed E-state index contributed by atoms with van der Waals surface area (Å²) >= 11 is 12.1. The van der Waals surface area contributed by atoms with Crippen LogP contribution in [0.4, 0.5) is 17.6 Å². The zero-order chi connectivity index (χ0) is 22.5. The fourth-order valence-corrected chi connectivity index (χ4v) is 3.87. The Labute approximate surface area is 183 Å². The topological polar surface area (TPSA) is 67.2 Å². The number of alkyl halides is 3.